The molecule has 1 amide bonds. The van der Waals surface area contributed by atoms with Crippen molar-refractivity contribution in [2.75, 3.05) is 6.54 Å². The smallest absolute Gasteiger partial charge is 0.254 e. The largest absolute Gasteiger partial charge is 0.332 e. The number of likely N-dealkylation sites (tertiary alicyclic amines) is 1. The summed E-state index contributed by atoms with van der Waals surface area (Å²) in [6, 6.07) is 16.7. The van der Waals surface area contributed by atoms with Gasteiger partial charge in [0.25, 0.3) is 5.91 Å². The summed E-state index contributed by atoms with van der Waals surface area (Å²) in [6.45, 7) is 4.97. The highest BCUT2D eigenvalue weighted by Crippen LogP contribution is 2.33. The molecule has 0 radical (unpaired) electrons. The zero-order valence-corrected chi connectivity index (χ0v) is 12.7. The average molecular weight is 279 g/mol. The molecule has 0 aromatic heterocycles. The molecule has 1 aliphatic rings. The minimum Gasteiger partial charge on any atom is -0.332 e. The van der Waals surface area contributed by atoms with Crippen molar-refractivity contribution in [3.8, 4) is 0 Å². The molecule has 0 spiro atoms. The molecule has 1 saturated heterocycles. The Balaban J connectivity index is 1.87. The summed E-state index contributed by atoms with van der Waals surface area (Å²) in [5, 5.41) is 0. The molecule has 1 aliphatic heterocycles. The topological polar surface area (TPSA) is 20.3 Å². The number of carbonyl (C=O) groups excluding carboxylic acids is 1. The van der Waals surface area contributed by atoms with E-state index in [1.165, 1.54) is 11.1 Å². The van der Waals surface area contributed by atoms with Gasteiger partial charge >= 0.3 is 0 Å². The standard InChI is InChI=1S/C19H21NO/c1-14-8-10-16(11-9-14)18-7-4-12-20(18)19(21)17-6-3-5-15(2)13-17/h3,5-6,8-11,13,18H,4,7,12H2,1-2H3/t18-/m0/s1. The lowest BCUT2D eigenvalue weighted by Crippen LogP contribution is -2.30. The van der Waals surface area contributed by atoms with Crippen LogP contribution in [0.2, 0.25) is 0 Å². The van der Waals surface area contributed by atoms with Gasteiger partial charge in [-0.3, -0.25) is 4.79 Å². The third-order valence-electron chi connectivity index (χ3n) is 4.24. The highest BCUT2D eigenvalue weighted by Gasteiger charge is 2.30. The Morgan fingerprint density at radius 2 is 1.81 bits per heavy atom. The Labute approximate surface area is 126 Å². The van der Waals surface area contributed by atoms with E-state index >= 15 is 0 Å². The van der Waals surface area contributed by atoms with Crippen molar-refractivity contribution in [3.05, 3.63) is 70.8 Å². The molecule has 2 nitrogen and oxygen atoms in total. The molecule has 0 saturated carbocycles. The number of carbonyl (C=O) groups is 1. The Morgan fingerprint density at radius 3 is 2.52 bits per heavy atom. The van der Waals surface area contributed by atoms with Crippen molar-refractivity contribution in [2.24, 2.45) is 0 Å². The Kier molecular flexibility index (Phi) is 3.78. The van der Waals surface area contributed by atoms with Gasteiger partial charge in [0, 0.05) is 12.1 Å². The summed E-state index contributed by atoms with van der Waals surface area (Å²) in [4.78, 5) is 14.8. The van der Waals surface area contributed by atoms with E-state index in [4.69, 9.17) is 0 Å². The lowest BCUT2D eigenvalue weighted by Gasteiger charge is -2.25. The van der Waals surface area contributed by atoms with E-state index in [2.05, 4.69) is 31.2 Å². The van der Waals surface area contributed by atoms with Crippen LogP contribution in [0.4, 0.5) is 0 Å². The predicted molar refractivity (Wildman–Crippen MR) is 85.4 cm³/mol. The van der Waals surface area contributed by atoms with Crippen molar-refractivity contribution in [3.63, 3.8) is 0 Å². The van der Waals surface area contributed by atoms with Crippen LogP contribution in [0, 0.1) is 13.8 Å². The molecule has 1 atom stereocenters. The van der Waals surface area contributed by atoms with Crippen LogP contribution in [0.25, 0.3) is 0 Å². The van der Waals surface area contributed by atoms with E-state index in [9.17, 15) is 4.79 Å². The second-order valence-electron chi connectivity index (χ2n) is 5.94. The fraction of sp³-hybridized carbons (Fsp3) is 0.316. The van der Waals surface area contributed by atoms with Crippen LogP contribution >= 0.6 is 0 Å². The fourth-order valence-corrected chi connectivity index (χ4v) is 3.09. The molecule has 1 fully saturated rings. The molecule has 0 N–H and O–H groups in total. The molecule has 2 heteroatoms. The van der Waals surface area contributed by atoms with Crippen molar-refractivity contribution >= 4 is 5.91 Å². The molecular weight excluding hydrogens is 258 g/mol. The minimum atomic E-state index is 0.154. The molecule has 2 aromatic rings. The van der Waals surface area contributed by atoms with Gasteiger partial charge in [0.05, 0.1) is 6.04 Å². The maximum absolute atomic E-state index is 12.8. The third kappa shape index (κ3) is 2.85. The van der Waals surface area contributed by atoms with E-state index in [1.807, 2.05) is 36.1 Å². The third-order valence-corrected chi connectivity index (χ3v) is 4.24. The fourth-order valence-electron chi connectivity index (χ4n) is 3.09. The van der Waals surface area contributed by atoms with Gasteiger partial charge in [-0.15, -0.1) is 0 Å². The summed E-state index contributed by atoms with van der Waals surface area (Å²) in [5.41, 5.74) is 4.44. The van der Waals surface area contributed by atoms with Gasteiger partial charge in [-0.1, -0.05) is 47.5 Å². The highest BCUT2D eigenvalue weighted by atomic mass is 16.2. The highest BCUT2D eigenvalue weighted by molar-refractivity contribution is 5.94. The number of nitrogens with zero attached hydrogens (tertiary/aromatic N) is 1. The summed E-state index contributed by atoms with van der Waals surface area (Å²) >= 11 is 0. The summed E-state index contributed by atoms with van der Waals surface area (Å²) < 4.78 is 0. The quantitative estimate of drug-likeness (QED) is 0.803. The van der Waals surface area contributed by atoms with E-state index in [0.717, 1.165) is 30.5 Å². The van der Waals surface area contributed by atoms with Crippen molar-refractivity contribution in [2.45, 2.75) is 32.7 Å². The molecule has 0 bridgehead atoms. The zero-order chi connectivity index (χ0) is 14.8. The number of amides is 1. The Hall–Kier alpha value is -2.09. The zero-order valence-electron chi connectivity index (χ0n) is 12.7. The first-order valence-electron chi connectivity index (χ1n) is 7.59. The van der Waals surface area contributed by atoms with Gasteiger partial charge in [-0.2, -0.15) is 0 Å². The van der Waals surface area contributed by atoms with Crippen LogP contribution in [-0.2, 0) is 0 Å². The van der Waals surface area contributed by atoms with Crippen LogP contribution in [0.3, 0.4) is 0 Å². The maximum atomic E-state index is 12.8. The van der Waals surface area contributed by atoms with Crippen LogP contribution in [0.1, 0.15) is 45.9 Å². The second kappa shape index (κ2) is 5.72. The van der Waals surface area contributed by atoms with Gasteiger partial charge < -0.3 is 4.90 Å². The van der Waals surface area contributed by atoms with E-state index in [-0.39, 0.29) is 11.9 Å². The normalized spacial score (nSPS) is 18.0. The van der Waals surface area contributed by atoms with Crippen LogP contribution in [0.15, 0.2) is 48.5 Å². The summed E-state index contributed by atoms with van der Waals surface area (Å²) in [6.07, 6.45) is 2.14. The van der Waals surface area contributed by atoms with Crippen molar-refractivity contribution in [1.82, 2.24) is 4.90 Å². The maximum Gasteiger partial charge on any atom is 0.254 e. The van der Waals surface area contributed by atoms with Crippen molar-refractivity contribution < 1.29 is 4.79 Å². The number of benzene rings is 2. The van der Waals surface area contributed by atoms with Crippen molar-refractivity contribution in [1.29, 1.82) is 0 Å². The van der Waals surface area contributed by atoms with Gasteiger partial charge in [0.15, 0.2) is 0 Å². The molecule has 21 heavy (non-hydrogen) atoms. The lowest BCUT2D eigenvalue weighted by atomic mass is 10.0. The molecule has 2 aromatic carbocycles. The molecule has 0 unspecified atom stereocenters. The van der Waals surface area contributed by atoms with E-state index < -0.39 is 0 Å². The SMILES string of the molecule is Cc1ccc([C@@H]2CCCN2C(=O)c2cccc(C)c2)cc1. The Morgan fingerprint density at radius 1 is 1.05 bits per heavy atom. The first kappa shape index (κ1) is 13.9. The van der Waals surface area contributed by atoms with E-state index in [1.54, 1.807) is 0 Å². The summed E-state index contributed by atoms with van der Waals surface area (Å²) in [7, 11) is 0. The van der Waals surface area contributed by atoms with Crippen LogP contribution in [-0.4, -0.2) is 17.4 Å². The number of aryl methyl sites for hydroxylation is 2. The van der Waals surface area contributed by atoms with Gasteiger partial charge in [-0.05, 0) is 44.4 Å². The number of rotatable bonds is 2. The number of hydrogen-bond acceptors (Lipinski definition) is 1. The van der Waals surface area contributed by atoms with Gasteiger partial charge in [0.1, 0.15) is 0 Å². The second-order valence-corrected chi connectivity index (χ2v) is 5.94. The monoisotopic (exact) mass is 279 g/mol. The Bertz CT molecular complexity index is 645. The summed E-state index contributed by atoms with van der Waals surface area (Å²) in [5.74, 6) is 0.154. The van der Waals surface area contributed by atoms with Crippen LogP contribution < -0.4 is 0 Å². The molecule has 0 aliphatic carbocycles. The molecule has 1 heterocycles. The molecular formula is C19H21NO. The minimum absolute atomic E-state index is 0.154. The first-order chi connectivity index (χ1) is 10.1. The van der Waals surface area contributed by atoms with Gasteiger partial charge in [0.2, 0.25) is 0 Å². The van der Waals surface area contributed by atoms with Crippen LogP contribution in [0.5, 0.6) is 0 Å². The van der Waals surface area contributed by atoms with E-state index in [0.29, 0.717) is 0 Å². The number of hydrogen-bond donors (Lipinski definition) is 0. The predicted octanol–water partition coefficient (Wildman–Crippen LogP) is 4.28. The lowest BCUT2D eigenvalue weighted by molar-refractivity contribution is 0.0735. The average Bonchev–Trinajstić information content (AvgIpc) is 2.96. The molecule has 3 rings (SSSR count). The molecule has 108 valence electrons. The first-order valence-corrected chi connectivity index (χ1v) is 7.59. The van der Waals surface area contributed by atoms with Gasteiger partial charge in [-0.25, -0.2) is 0 Å².